The van der Waals surface area contributed by atoms with Crippen molar-refractivity contribution in [3.63, 3.8) is 0 Å². The Kier molecular flexibility index (Phi) is 8.35. The van der Waals surface area contributed by atoms with Crippen molar-refractivity contribution in [1.29, 1.82) is 0 Å². The molecule has 0 fully saturated rings. The number of hydrogen-bond acceptors (Lipinski definition) is 4. The van der Waals surface area contributed by atoms with Gasteiger partial charge >= 0.3 is 0 Å². The lowest BCUT2D eigenvalue weighted by Gasteiger charge is -2.11. The smallest absolute Gasteiger partial charge is 0.243 e. The number of benzene rings is 3. The van der Waals surface area contributed by atoms with Crippen LogP contribution in [0.15, 0.2) is 78.9 Å². The predicted molar refractivity (Wildman–Crippen MR) is 126 cm³/mol. The van der Waals surface area contributed by atoms with E-state index in [1.165, 1.54) is 5.56 Å². The number of amides is 1. The van der Waals surface area contributed by atoms with Crippen LogP contribution in [-0.2, 0) is 11.2 Å². The summed E-state index contributed by atoms with van der Waals surface area (Å²) in [4.78, 5) is 12.2. The van der Waals surface area contributed by atoms with Crippen molar-refractivity contribution in [2.24, 2.45) is 0 Å². The first-order chi connectivity index (χ1) is 15.1. The van der Waals surface area contributed by atoms with Gasteiger partial charge in [0.1, 0.15) is 11.5 Å². The fourth-order valence-corrected chi connectivity index (χ4v) is 3.06. The van der Waals surface area contributed by atoms with E-state index in [0.29, 0.717) is 6.61 Å². The summed E-state index contributed by atoms with van der Waals surface area (Å²) in [6.07, 6.45) is 2.09. The lowest BCUT2D eigenvalue weighted by atomic mass is 10.1. The highest BCUT2D eigenvalue weighted by Gasteiger charge is 2.04. The second-order valence-corrected chi connectivity index (χ2v) is 7.55. The van der Waals surface area contributed by atoms with E-state index in [-0.39, 0.29) is 18.6 Å². The fourth-order valence-electron chi connectivity index (χ4n) is 3.06. The van der Waals surface area contributed by atoms with Gasteiger partial charge in [-0.15, -0.1) is 0 Å². The van der Waals surface area contributed by atoms with Crippen LogP contribution in [0.2, 0.25) is 0 Å². The summed E-state index contributed by atoms with van der Waals surface area (Å²) < 4.78 is 11.4. The van der Waals surface area contributed by atoms with Gasteiger partial charge in [-0.25, -0.2) is 0 Å². The standard InChI is InChI=1S/C26H30N2O3/c1-20(2)31-25-16-12-23(13-17-25)28-26(29)19-27-22-10-14-24(15-11-22)30-18-6-9-21-7-4-3-5-8-21/h3-5,7-8,10-17,20,27H,6,9,18-19H2,1-2H3,(H,28,29). The Labute approximate surface area is 184 Å². The van der Waals surface area contributed by atoms with Crippen LogP contribution in [0.25, 0.3) is 0 Å². The zero-order chi connectivity index (χ0) is 21.9. The van der Waals surface area contributed by atoms with Gasteiger partial charge in [0.15, 0.2) is 0 Å². The van der Waals surface area contributed by atoms with E-state index in [1.807, 2.05) is 68.4 Å². The number of ether oxygens (including phenoxy) is 2. The number of aryl methyl sites for hydroxylation is 1. The van der Waals surface area contributed by atoms with Gasteiger partial charge in [-0.2, -0.15) is 0 Å². The van der Waals surface area contributed by atoms with Gasteiger partial charge in [0, 0.05) is 11.4 Å². The SMILES string of the molecule is CC(C)Oc1ccc(NC(=O)CNc2ccc(OCCCc3ccccc3)cc2)cc1. The van der Waals surface area contributed by atoms with E-state index < -0.39 is 0 Å². The number of carbonyl (C=O) groups is 1. The minimum absolute atomic E-state index is 0.112. The quantitative estimate of drug-likeness (QED) is 0.402. The molecule has 0 radical (unpaired) electrons. The van der Waals surface area contributed by atoms with E-state index in [1.54, 1.807) is 0 Å². The van der Waals surface area contributed by atoms with E-state index >= 15 is 0 Å². The molecule has 0 aliphatic carbocycles. The topological polar surface area (TPSA) is 59.6 Å². The molecule has 0 unspecified atom stereocenters. The molecule has 0 atom stereocenters. The number of anilines is 2. The van der Waals surface area contributed by atoms with Gasteiger partial charge in [-0.1, -0.05) is 30.3 Å². The third kappa shape index (κ3) is 8.05. The second kappa shape index (κ2) is 11.6. The minimum Gasteiger partial charge on any atom is -0.494 e. The van der Waals surface area contributed by atoms with Crippen LogP contribution in [0.4, 0.5) is 11.4 Å². The molecule has 1 amide bonds. The summed E-state index contributed by atoms with van der Waals surface area (Å²) in [5.74, 6) is 1.50. The van der Waals surface area contributed by atoms with Crippen LogP contribution in [0.3, 0.4) is 0 Å². The molecule has 3 aromatic rings. The minimum atomic E-state index is -0.112. The largest absolute Gasteiger partial charge is 0.494 e. The Morgan fingerprint density at radius 2 is 1.48 bits per heavy atom. The van der Waals surface area contributed by atoms with Gasteiger partial charge in [0.05, 0.1) is 19.3 Å². The molecule has 5 nitrogen and oxygen atoms in total. The molecule has 0 aliphatic rings. The highest BCUT2D eigenvalue weighted by molar-refractivity contribution is 5.93. The highest BCUT2D eigenvalue weighted by atomic mass is 16.5. The Balaban J connectivity index is 1.36. The van der Waals surface area contributed by atoms with Gasteiger partial charge in [0.2, 0.25) is 5.91 Å². The van der Waals surface area contributed by atoms with Crippen LogP contribution in [0, 0.1) is 0 Å². The summed E-state index contributed by atoms with van der Waals surface area (Å²) in [6, 6.07) is 25.4. The fraction of sp³-hybridized carbons (Fsp3) is 0.269. The average molecular weight is 419 g/mol. The molecule has 0 spiro atoms. The number of carbonyl (C=O) groups excluding carboxylic acids is 1. The second-order valence-electron chi connectivity index (χ2n) is 7.55. The van der Waals surface area contributed by atoms with Crippen molar-refractivity contribution in [1.82, 2.24) is 0 Å². The third-order valence-electron chi connectivity index (χ3n) is 4.54. The zero-order valence-electron chi connectivity index (χ0n) is 18.1. The van der Waals surface area contributed by atoms with Crippen molar-refractivity contribution in [2.75, 3.05) is 23.8 Å². The molecule has 3 rings (SSSR count). The summed E-state index contributed by atoms with van der Waals surface area (Å²) >= 11 is 0. The molecule has 0 heterocycles. The first kappa shape index (κ1) is 22.2. The molecule has 3 aromatic carbocycles. The highest BCUT2D eigenvalue weighted by Crippen LogP contribution is 2.18. The average Bonchev–Trinajstić information content (AvgIpc) is 2.78. The van der Waals surface area contributed by atoms with Crippen LogP contribution in [-0.4, -0.2) is 25.2 Å². The zero-order valence-corrected chi connectivity index (χ0v) is 18.1. The maximum absolute atomic E-state index is 12.2. The van der Waals surface area contributed by atoms with Gasteiger partial charge < -0.3 is 20.1 Å². The Bertz CT molecular complexity index is 923. The van der Waals surface area contributed by atoms with Crippen LogP contribution in [0.1, 0.15) is 25.8 Å². The maximum atomic E-state index is 12.2. The molecule has 2 N–H and O–H groups in total. The summed E-state index contributed by atoms with van der Waals surface area (Å²) in [7, 11) is 0. The van der Waals surface area contributed by atoms with Crippen LogP contribution >= 0.6 is 0 Å². The Morgan fingerprint density at radius 1 is 0.839 bits per heavy atom. The first-order valence-corrected chi connectivity index (χ1v) is 10.7. The monoisotopic (exact) mass is 418 g/mol. The number of hydrogen-bond donors (Lipinski definition) is 2. The molecule has 0 bridgehead atoms. The molecular weight excluding hydrogens is 388 g/mol. The van der Waals surface area contributed by atoms with E-state index in [0.717, 1.165) is 35.7 Å². The van der Waals surface area contributed by atoms with Gasteiger partial charge in [0.25, 0.3) is 0 Å². The first-order valence-electron chi connectivity index (χ1n) is 10.7. The van der Waals surface area contributed by atoms with E-state index in [2.05, 4.69) is 34.9 Å². The lowest BCUT2D eigenvalue weighted by molar-refractivity contribution is -0.114. The molecular formula is C26H30N2O3. The molecule has 0 saturated heterocycles. The summed E-state index contributed by atoms with van der Waals surface area (Å²) in [5.41, 5.74) is 2.93. The van der Waals surface area contributed by atoms with Gasteiger partial charge in [-0.05, 0) is 80.8 Å². The Morgan fingerprint density at radius 3 is 2.16 bits per heavy atom. The van der Waals surface area contributed by atoms with E-state index in [9.17, 15) is 4.79 Å². The molecule has 31 heavy (non-hydrogen) atoms. The van der Waals surface area contributed by atoms with Gasteiger partial charge in [-0.3, -0.25) is 4.79 Å². The number of nitrogens with one attached hydrogen (secondary N) is 2. The summed E-state index contributed by atoms with van der Waals surface area (Å²) in [5, 5.41) is 6.00. The molecule has 162 valence electrons. The maximum Gasteiger partial charge on any atom is 0.243 e. The van der Waals surface area contributed by atoms with E-state index in [4.69, 9.17) is 9.47 Å². The number of rotatable bonds is 11. The predicted octanol–water partition coefficient (Wildman–Crippen LogP) is 5.54. The van der Waals surface area contributed by atoms with Crippen molar-refractivity contribution in [2.45, 2.75) is 32.8 Å². The molecule has 5 heteroatoms. The molecule has 0 aromatic heterocycles. The molecule has 0 aliphatic heterocycles. The lowest BCUT2D eigenvalue weighted by Crippen LogP contribution is -2.21. The van der Waals surface area contributed by atoms with Crippen molar-refractivity contribution >= 4 is 17.3 Å². The third-order valence-corrected chi connectivity index (χ3v) is 4.54. The molecule has 0 saturated carbocycles. The van der Waals surface area contributed by atoms with Crippen molar-refractivity contribution in [3.8, 4) is 11.5 Å². The Hall–Kier alpha value is -3.47. The van der Waals surface area contributed by atoms with Crippen LogP contribution in [0.5, 0.6) is 11.5 Å². The summed E-state index contributed by atoms with van der Waals surface area (Å²) in [6.45, 7) is 4.81. The van der Waals surface area contributed by atoms with Crippen molar-refractivity contribution < 1.29 is 14.3 Å². The van der Waals surface area contributed by atoms with Crippen LogP contribution < -0.4 is 20.1 Å². The van der Waals surface area contributed by atoms with Crippen molar-refractivity contribution in [3.05, 3.63) is 84.4 Å². The normalized spacial score (nSPS) is 10.5.